The molecule has 3 heteroatoms. The zero-order valence-electron chi connectivity index (χ0n) is 9.24. The Morgan fingerprint density at radius 1 is 1.20 bits per heavy atom. The van der Waals surface area contributed by atoms with Gasteiger partial charge in [-0.3, -0.25) is 4.79 Å². The first kappa shape index (κ1) is 9.64. The summed E-state index contributed by atoms with van der Waals surface area (Å²) >= 11 is 0. The van der Waals surface area contributed by atoms with Gasteiger partial charge in [-0.1, -0.05) is 12.8 Å². The van der Waals surface area contributed by atoms with Gasteiger partial charge in [0.25, 0.3) is 0 Å². The molecule has 0 unspecified atom stereocenters. The topological polar surface area (TPSA) is 32.3 Å². The number of rotatable bonds is 1. The average molecular weight is 208 g/mol. The van der Waals surface area contributed by atoms with Crippen LogP contribution in [0.15, 0.2) is 0 Å². The number of likely N-dealkylation sites (tertiary alicyclic amines) is 1. The molecule has 1 N–H and O–H groups in total. The van der Waals surface area contributed by atoms with Crippen LogP contribution in [0.2, 0.25) is 0 Å². The zero-order valence-corrected chi connectivity index (χ0v) is 9.24. The van der Waals surface area contributed by atoms with Crippen molar-refractivity contribution < 1.29 is 4.79 Å². The summed E-state index contributed by atoms with van der Waals surface area (Å²) in [4.78, 5) is 14.4. The average Bonchev–Trinajstić information content (AvgIpc) is 2.87. The molecule has 2 heterocycles. The van der Waals surface area contributed by atoms with Crippen molar-refractivity contribution in [2.75, 3.05) is 19.6 Å². The highest BCUT2D eigenvalue weighted by Crippen LogP contribution is 2.29. The second kappa shape index (κ2) is 3.78. The van der Waals surface area contributed by atoms with Crippen LogP contribution < -0.4 is 5.32 Å². The number of nitrogens with one attached hydrogen (secondary N) is 1. The van der Waals surface area contributed by atoms with E-state index >= 15 is 0 Å². The lowest BCUT2D eigenvalue weighted by molar-refractivity contribution is -0.136. The van der Waals surface area contributed by atoms with Crippen LogP contribution in [-0.4, -0.2) is 36.5 Å². The van der Waals surface area contributed by atoms with Crippen LogP contribution in [0.4, 0.5) is 0 Å². The van der Waals surface area contributed by atoms with Gasteiger partial charge in [0.2, 0.25) is 5.91 Å². The Balaban J connectivity index is 1.64. The van der Waals surface area contributed by atoms with Gasteiger partial charge >= 0.3 is 0 Å². The molecule has 1 amide bonds. The van der Waals surface area contributed by atoms with Gasteiger partial charge in [0.1, 0.15) is 0 Å². The number of hydrogen-bond acceptors (Lipinski definition) is 2. The number of amides is 1. The molecule has 0 aromatic carbocycles. The molecule has 1 saturated carbocycles. The van der Waals surface area contributed by atoms with Crippen molar-refractivity contribution in [2.24, 2.45) is 11.8 Å². The van der Waals surface area contributed by atoms with Crippen LogP contribution in [0.3, 0.4) is 0 Å². The molecule has 0 aromatic heterocycles. The summed E-state index contributed by atoms with van der Waals surface area (Å²) in [5, 5.41) is 3.50. The van der Waals surface area contributed by atoms with Crippen molar-refractivity contribution in [3.05, 3.63) is 0 Å². The first-order valence-corrected chi connectivity index (χ1v) is 6.35. The fraction of sp³-hybridized carbons (Fsp3) is 0.917. The summed E-state index contributed by atoms with van der Waals surface area (Å²) in [6.45, 7) is 3.10. The molecule has 2 saturated heterocycles. The maximum absolute atomic E-state index is 12.2. The van der Waals surface area contributed by atoms with Crippen molar-refractivity contribution in [3.8, 4) is 0 Å². The third kappa shape index (κ3) is 1.78. The molecule has 2 aliphatic heterocycles. The lowest BCUT2D eigenvalue weighted by atomic mass is 9.97. The Labute approximate surface area is 91.2 Å². The van der Waals surface area contributed by atoms with Crippen LogP contribution in [0.5, 0.6) is 0 Å². The highest BCUT2D eigenvalue weighted by Gasteiger charge is 2.37. The second-order valence-electron chi connectivity index (χ2n) is 5.43. The van der Waals surface area contributed by atoms with E-state index < -0.39 is 0 Å². The molecule has 3 rings (SSSR count). The Hall–Kier alpha value is -0.570. The molecule has 2 atom stereocenters. The predicted molar refractivity (Wildman–Crippen MR) is 58.4 cm³/mol. The summed E-state index contributed by atoms with van der Waals surface area (Å²) in [6.07, 6.45) is 6.08. The number of piperidine rings is 1. The Morgan fingerprint density at radius 2 is 2.00 bits per heavy atom. The number of fused-ring (bicyclic) bond motifs is 2. The van der Waals surface area contributed by atoms with E-state index in [-0.39, 0.29) is 0 Å². The molecule has 3 fully saturated rings. The molecule has 15 heavy (non-hydrogen) atoms. The molecule has 0 radical (unpaired) electrons. The van der Waals surface area contributed by atoms with Crippen molar-refractivity contribution in [3.63, 3.8) is 0 Å². The number of carbonyl (C=O) groups excluding carboxylic acids is 1. The first-order valence-electron chi connectivity index (χ1n) is 6.35. The van der Waals surface area contributed by atoms with Gasteiger partial charge in [0.15, 0.2) is 0 Å². The molecular weight excluding hydrogens is 188 g/mol. The third-order valence-corrected chi connectivity index (χ3v) is 4.25. The van der Waals surface area contributed by atoms with Crippen LogP contribution in [0.25, 0.3) is 0 Å². The molecule has 3 aliphatic rings. The van der Waals surface area contributed by atoms with Crippen LogP contribution in [-0.2, 0) is 4.79 Å². The molecule has 3 nitrogen and oxygen atoms in total. The van der Waals surface area contributed by atoms with Crippen molar-refractivity contribution in [1.82, 2.24) is 10.2 Å². The van der Waals surface area contributed by atoms with Gasteiger partial charge < -0.3 is 10.2 Å². The highest BCUT2D eigenvalue weighted by atomic mass is 16.2. The SMILES string of the molecule is O=C(C1CCCC1)N1C[C@@H]2CN[C@@H](C2)C1. The predicted octanol–water partition coefficient (Wildman–Crippen LogP) is 0.997. The van der Waals surface area contributed by atoms with E-state index in [4.69, 9.17) is 0 Å². The van der Waals surface area contributed by atoms with Crippen molar-refractivity contribution in [1.29, 1.82) is 0 Å². The molecule has 0 spiro atoms. The summed E-state index contributed by atoms with van der Waals surface area (Å²) in [6, 6.07) is 0.592. The molecule has 1 aliphatic carbocycles. The van der Waals surface area contributed by atoms with Crippen LogP contribution in [0.1, 0.15) is 32.1 Å². The third-order valence-electron chi connectivity index (χ3n) is 4.25. The van der Waals surface area contributed by atoms with E-state index in [1.54, 1.807) is 0 Å². The Kier molecular flexibility index (Phi) is 2.43. The fourth-order valence-electron chi connectivity index (χ4n) is 3.44. The van der Waals surface area contributed by atoms with E-state index in [9.17, 15) is 4.79 Å². The largest absolute Gasteiger partial charge is 0.341 e. The minimum Gasteiger partial charge on any atom is -0.341 e. The molecule has 84 valence electrons. The van der Waals surface area contributed by atoms with Crippen molar-refractivity contribution >= 4 is 5.91 Å². The van der Waals surface area contributed by atoms with E-state index in [1.807, 2.05) is 0 Å². The molecule has 2 bridgehead atoms. The van der Waals surface area contributed by atoms with Gasteiger partial charge in [-0.15, -0.1) is 0 Å². The highest BCUT2D eigenvalue weighted by molar-refractivity contribution is 5.79. The Morgan fingerprint density at radius 3 is 2.73 bits per heavy atom. The zero-order chi connectivity index (χ0) is 10.3. The minimum atomic E-state index is 0.363. The minimum absolute atomic E-state index is 0.363. The van der Waals surface area contributed by atoms with E-state index in [2.05, 4.69) is 10.2 Å². The number of hydrogen-bond donors (Lipinski definition) is 1. The summed E-state index contributed by atoms with van der Waals surface area (Å²) in [5.41, 5.74) is 0. The van der Waals surface area contributed by atoms with E-state index in [0.29, 0.717) is 17.9 Å². The summed E-state index contributed by atoms with van der Waals surface area (Å²) < 4.78 is 0. The number of carbonyl (C=O) groups is 1. The van der Waals surface area contributed by atoms with E-state index in [0.717, 1.165) is 38.4 Å². The van der Waals surface area contributed by atoms with Gasteiger partial charge in [0.05, 0.1) is 0 Å². The molecule has 0 aromatic rings. The van der Waals surface area contributed by atoms with Gasteiger partial charge in [0, 0.05) is 31.6 Å². The van der Waals surface area contributed by atoms with Gasteiger partial charge in [-0.05, 0) is 25.2 Å². The Bertz CT molecular complexity index is 248. The monoisotopic (exact) mass is 208 g/mol. The quantitative estimate of drug-likeness (QED) is 0.697. The van der Waals surface area contributed by atoms with Crippen LogP contribution >= 0.6 is 0 Å². The van der Waals surface area contributed by atoms with E-state index in [1.165, 1.54) is 19.3 Å². The standard InChI is InChI=1S/C12H20N2O/c15-12(10-3-1-2-4-10)14-7-9-5-11(8-14)13-6-9/h9-11,13H,1-8H2/t9-,11-/m0/s1. The normalized spacial score (nSPS) is 36.1. The number of nitrogens with zero attached hydrogens (tertiary/aromatic N) is 1. The summed E-state index contributed by atoms with van der Waals surface area (Å²) in [5.74, 6) is 1.54. The second-order valence-corrected chi connectivity index (χ2v) is 5.43. The maximum atomic E-state index is 12.2. The first-order chi connectivity index (χ1) is 7.33. The maximum Gasteiger partial charge on any atom is 0.225 e. The molecular formula is C12H20N2O. The smallest absolute Gasteiger partial charge is 0.225 e. The lowest BCUT2D eigenvalue weighted by Gasteiger charge is -2.33. The summed E-state index contributed by atoms with van der Waals surface area (Å²) in [7, 11) is 0. The van der Waals surface area contributed by atoms with Gasteiger partial charge in [-0.2, -0.15) is 0 Å². The fourth-order valence-corrected chi connectivity index (χ4v) is 3.44. The van der Waals surface area contributed by atoms with Crippen molar-refractivity contribution in [2.45, 2.75) is 38.1 Å². The lowest BCUT2D eigenvalue weighted by Crippen LogP contribution is -2.46. The van der Waals surface area contributed by atoms with Crippen LogP contribution in [0, 0.1) is 11.8 Å². The van der Waals surface area contributed by atoms with Gasteiger partial charge in [-0.25, -0.2) is 0 Å².